The lowest BCUT2D eigenvalue weighted by Gasteiger charge is -2.34. The van der Waals surface area contributed by atoms with Gasteiger partial charge in [-0.2, -0.15) is 0 Å². The molecule has 0 bridgehead atoms. The molecule has 1 aliphatic heterocycles. The normalized spacial score (nSPS) is 17.4. The number of rotatable bonds is 6. The number of benzene rings is 1. The van der Waals surface area contributed by atoms with Gasteiger partial charge in [0.2, 0.25) is 5.91 Å². The first-order valence-electron chi connectivity index (χ1n) is 8.62. The van der Waals surface area contributed by atoms with E-state index in [1.807, 2.05) is 6.92 Å². The highest BCUT2D eigenvalue weighted by molar-refractivity contribution is 7.09. The van der Waals surface area contributed by atoms with E-state index in [-0.39, 0.29) is 17.8 Å². The molecule has 0 saturated carbocycles. The molecular weight excluding hydrogens is 337 g/mol. The fourth-order valence-corrected chi connectivity index (χ4v) is 3.80. The monoisotopic (exact) mass is 361 g/mol. The maximum Gasteiger partial charge on any atom is 0.234 e. The molecule has 0 unspecified atom stereocenters. The fourth-order valence-electron chi connectivity index (χ4n) is 3.05. The van der Waals surface area contributed by atoms with E-state index >= 15 is 0 Å². The third-order valence-electron chi connectivity index (χ3n) is 4.54. The number of amides is 1. The summed E-state index contributed by atoms with van der Waals surface area (Å²) in [6.45, 7) is 7.12. The lowest BCUT2D eigenvalue weighted by molar-refractivity contribution is -0.123. The van der Waals surface area contributed by atoms with Crippen molar-refractivity contribution in [1.29, 1.82) is 0 Å². The maximum atomic E-state index is 13.0. The summed E-state index contributed by atoms with van der Waals surface area (Å²) in [7, 11) is 0. The fraction of sp³-hybridized carbons (Fsp3) is 0.421. The Bertz CT molecular complexity index is 666. The molecule has 1 atom stereocenters. The van der Waals surface area contributed by atoms with Gasteiger partial charge in [0.25, 0.3) is 0 Å². The van der Waals surface area contributed by atoms with Crippen LogP contribution in [0.15, 0.2) is 41.8 Å². The van der Waals surface area contributed by atoms with Crippen molar-refractivity contribution in [3.05, 3.63) is 58.0 Å². The third kappa shape index (κ3) is 5.36. The lowest BCUT2D eigenvalue weighted by Crippen LogP contribution is -2.49. The van der Waals surface area contributed by atoms with Gasteiger partial charge in [0.15, 0.2) is 0 Å². The van der Waals surface area contributed by atoms with E-state index < -0.39 is 0 Å². The molecule has 134 valence electrons. The predicted molar refractivity (Wildman–Crippen MR) is 99.0 cm³/mol. The topological polar surface area (TPSA) is 35.6 Å². The number of carbonyl (C=O) groups is 1. The van der Waals surface area contributed by atoms with Crippen molar-refractivity contribution >= 4 is 17.2 Å². The summed E-state index contributed by atoms with van der Waals surface area (Å²) in [5, 5.41) is 5.10. The second-order valence-electron chi connectivity index (χ2n) is 6.47. The van der Waals surface area contributed by atoms with Crippen molar-refractivity contribution in [1.82, 2.24) is 15.1 Å². The zero-order chi connectivity index (χ0) is 17.6. The Hall–Kier alpha value is -1.76. The van der Waals surface area contributed by atoms with Gasteiger partial charge < -0.3 is 5.32 Å². The van der Waals surface area contributed by atoms with Crippen LogP contribution in [0, 0.1) is 5.82 Å². The van der Waals surface area contributed by atoms with Crippen LogP contribution in [-0.4, -0.2) is 48.4 Å². The van der Waals surface area contributed by atoms with Crippen LogP contribution >= 0.6 is 11.3 Å². The molecule has 2 aromatic rings. The SMILES string of the molecule is C[C@@H](NC(=O)CN1CCN(Cc2cccs2)CC1)c1ccc(F)cc1. The van der Waals surface area contributed by atoms with Crippen molar-refractivity contribution in [3.8, 4) is 0 Å². The molecule has 2 heterocycles. The quantitative estimate of drug-likeness (QED) is 0.859. The van der Waals surface area contributed by atoms with E-state index in [2.05, 4.69) is 32.6 Å². The van der Waals surface area contributed by atoms with Crippen LogP contribution in [0.5, 0.6) is 0 Å². The smallest absolute Gasteiger partial charge is 0.234 e. The number of nitrogens with one attached hydrogen (secondary N) is 1. The van der Waals surface area contributed by atoms with Crippen LogP contribution in [0.1, 0.15) is 23.4 Å². The van der Waals surface area contributed by atoms with Crippen molar-refractivity contribution < 1.29 is 9.18 Å². The predicted octanol–water partition coefficient (Wildman–Crippen LogP) is 2.88. The first-order chi connectivity index (χ1) is 12.1. The van der Waals surface area contributed by atoms with Gasteiger partial charge in [-0.1, -0.05) is 18.2 Å². The Labute approximate surface area is 152 Å². The largest absolute Gasteiger partial charge is 0.348 e. The highest BCUT2D eigenvalue weighted by Crippen LogP contribution is 2.14. The van der Waals surface area contributed by atoms with Crippen molar-refractivity contribution in [3.63, 3.8) is 0 Å². The first-order valence-corrected chi connectivity index (χ1v) is 9.50. The van der Waals surface area contributed by atoms with Crippen molar-refractivity contribution in [2.45, 2.75) is 19.5 Å². The highest BCUT2D eigenvalue weighted by atomic mass is 32.1. The number of thiophene rings is 1. The number of halogens is 1. The molecule has 1 aromatic carbocycles. The minimum absolute atomic E-state index is 0.0172. The van der Waals surface area contributed by atoms with Gasteiger partial charge in [-0.15, -0.1) is 11.3 Å². The van der Waals surface area contributed by atoms with Crippen molar-refractivity contribution in [2.24, 2.45) is 0 Å². The molecule has 1 aromatic heterocycles. The van der Waals surface area contributed by atoms with Gasteiger partial charge in [0.1, 0.15) is 5.82 Å². The zero-order valence-electron chi connectivity index (χ0n) is 14.5. The van der Waals surface area contributed by atoms with Gasteiger partial charge >= 0.3 is 0 Å². The summed E-state index contributed by atoms with van der Waals surface area (Å²) in [6, 6.07) is 10.4. The van der Waals surface area contributed by atoms with E-state index in [1.165, 1.54) is 17.0 Å². The molecular formula is C19H24FN3OS. The summed E-state index contributed by atoms with van der Waals surface area (Å²) < 4.78 is 13.0. The van der Waals surface area contributed by atoms with Gasteiger partial charge in [0.05, 0.1) is 12.6 Å². The number of piperazine rings is 1. The highest BCUT2D eigenvalue weighted by Gasteiger charge is 2.20. The number of carbonyl (C=O) groups excluding carboxylic acids is 1. The van der Waals surface area contributed by atoms with Crippen LogP contribution in [0.25, 0.3) is 0 Å². The number of nitrogens with zero attached hydrogens (tertiary/aromatic N) is 2. The second kappa shape index (κ2) is 8.56. The van der Waals surface area contributed by atoms with Gasteiger partial charge in [-0.05, 0) is 36.1 Å². The Morgan fingerprint density at radius 2 is 1.84 bits per heavy atom. The van der Waals surface area contributed by atoms with E-state index in [0.717, 1.165) is 38.3 Å². The van der Waals surface area contributed by atoms with Gasteiger partial charge in [-0.25, -0.2) is 4.39 Å². The number of hydrogen-bond donors (Lipinski definition) is 1. The summed E-state index contributed by atoms with van der Waals surface area (Å²) in [5.74, 6) is -0.244. The minimum atomic E-state index is -0.261. The van der Waals surface area contributed by atoms with Crippen LogP contribution < -0.4 is 5.32 Å². The molecule has 1 saturated heterocycles. The van der Waals surface area contributed by atoms with Crippen LogP contribution in [-0.2, 0) is 11.3 Å². The number of hydrogen-bond acceptors (Lipinski definition) is 4. The van der Waals surface area contributed by atoms with Crippen LogP contribution in [0.4, 0.5) is 4.39 Å². The molecule has 0 spiro atoms. The lowest BCUT2D eigenvalue weighted by atomic mass is 10.1. The molecule has 0 radical (unpaired) electrons. The Morgan fingerprint density at radius 1 is 1.16 bits per heavy atom. The van der Waals surface area contributed by atoms with Crippen LogP contribution in [0.2, 0.25) is 0 Å². The molecule has 1 amide bonds. The maximum absolute atomic E-state index is 13.0. The van der Waals surface area contributed by atoms with E-state index in [1.54, 1.807) is 23.5 Å². The van der Waals surface area contributed by atoms with Gasteiger partial charge in [-0.3, -0.25) is 14.6 Å². The van der Waals surface area contributed by atoms with Crippen molar-refractivity contribution in [2.75, 3.05) is 32.7 Å². The Balaban J connectivity index is 1.40. The summed E-state index contributed by atoms with van der Waals surface area (Å²) in [5.41, 5.74) is 0.913. The summed E-state index contributed by atoms with van der Waals surface area (Å²) in [4.78, 5) is 18.3. The molecule has 1 N–H and O–H groups in total. The van der Waals surface area contributed by atoms with E-state index in [0.29, 0.717) is 6.54 Å². The second-order valence-corrected chi connectivity index (χ2v) is 7.50. The average Bonchev–Trinajstić information content (AvgIpc) is 3.10. The average molecular weight is 361 g/mol. The Kier molecular flexibility index (Phi) is 6.18. The molecule has 6 heteroatoms. The Morgan fingerprint density at radius 3 is 2.48 bits per heavy atom. The summed E-state index contributed by atoms with van der Waals surface area (Å²) >= 11 is 1.79. The standard InChI is InChI=1S/C19H24FN3OS/c1-15(16-4-6-17(20)7-5-16)21-19(24)14-23-10-8-22(9-11-23)13-18-3-2-12-25-18/h2-7,12,15H,8-11,13-14H2,1H3,(H,21,24)/t15-/m1/s1. The summed E-state index contributed by atoms with van der Waals surface area (Å²) in [6.07, 6.45) is 0. The van der Waals surface area contributed by atoms with E-state index in [9.17, 15) is 9.18 Å². The van der Waals surface area contributed by atoms with Gasteiger partial charge in [0, 0.05) is 37.6 Å². The minimum Gasteiger partial charge on any atom is -0.348 e. The molecule has 3 rings (SSSR count). The molecule has 1 aliphatic rings. The molecule has 1 fully saturated rings. The molecule has 4 nitrogen and oxygen atoms in total. The van der Waals surface area contributed by atoms with E-state index in [4.69, 9.17) is 0 Å². The first kappa shape index (κ1) is 18.0. The molecule has 0 aliphatic carbocycles. The third-order valence-corrected chi connectivity index (χ3v) is 5.40. The van der Waals surface area contributed by atoms with Crippen LogP contribution in [0.3, 0.4) is 0 Å². The zero-order valence-corrected chi connectivity index (χ0v) is 15.3. The molecule has 25 heavy (non-hydrogen) atoms.